The van der Waals surface area contributed by atoms with E-state index in [0.717, 1.165) is 31.2 Å². The van der Waals surface area contributed by atoms with E-state index in [1.165, 1.54) is 0 Å². The van der Waals surface area contributed by atoms with Crippen LogP contribution in [0.1, 0.15) is 53.3 Å². The van der Waals surface area contributed by atoms with E-state index >= 15 is 0 Å². The van der Waals surface area contributed by atoms with Crippen molar-refractivity contribution < 1.29 is 19.1 Å². The van der Waals surface area contributed by atoms with Crippen molar-refractivity contribution in [1.82, 2.24) is 0 Å². The van der Waals surface area contributed by atoms with Crippen molar-refractivity contribution in [2.45, 2.75) is 44.8 Å². The average molecular weight is 338 g/mol. The summed E-state index contributed by atoms with van der Waals surface area (Å²) >= 11 is 0. The first-order valence-electron chi connectivity index (χ1n) is 8.66. The number of hydrogen-bond acceptors (Lipinski definition) is 4. The minimum Gasteiger partial charge on any atom is -0.459 e. The maximum atomic E-state index is 12.6. The summed E-state index contributed by atoms with van der Waals surface area (Å²) in [7, 11) is 0. The van der Waals surface area contributed by atoms with Crippen LogP contribution in [-0.4, -0.2) is 18.0 Å². The third-order valence-corrected chi connectivity index (χ3v) is 4.41. The van der Waals surface area contributed by atoms with Crippen molar-refractivity contribution in [2.24, 2.45) is 0 Å². The summed E-state index contributed by atoms with van der Waals surface area (Å²) in [6, 6.07) is 16.1. The minimum atomic E-state index is -1.05. The van der Waals surface area contributed by atoms with E-state index in [1.807, 2.05) is 37.3 Å². The molecule has 1 atom stereocenters. The van der Waals surface area contributed by atoms with Crippen molar-refractivity contribution in [3.05, 3.63) is 71.3 Å². The lowest BCUT2D eigenvalue weighted by Crippen LogP contribution is -2.25. The number of rotatable bonds is 5. The van der Waals surface area contributed by atoms with E-state index in [0.29, 0.717) is 11.1 Å². The van der Waals surface area contributed by atoms with Gasteiger partial charge < -0.3 is 9.47 Å². The van der Waals surface area contributed by atoms with Gasteiger partial charge in [0.1, 0.15) is 6.10 Å². The van der Waals surface area contributed by atoms with Crippen LogP contribution in [0.4, 0.5) is 0 Å². The molecule has 0 aromatic heterocycles. The summed E-state index contributed by atoms with van der Waals surface area (Å²) < 4.78 is 11.1. The Morgan fingerprint density at radius 3 is 2.24 bits per heavy atom. The standard InChI is InChI=1S/C21H22O4/c1-15-11-13-17(14-12-15)20(22)25-19(16-7-3-2-4-8-16)21(23)24-18-9-5-6-10-18/h2-4,7-8,11-14,18-19H,5-6,9-10H2,1H3. The van der Waals surface area contributed by atoms with Crippen molar-refractivity contribution >= 4 is 11.9 Å². The molecule has 1 saturated carbocycles. The molecule has 1 aliphatic rings. The number of esters is 2. The van der Waals surface area contributed by atoms with E-state index in [9.17, 15) is 9.59 Å². The second-order valence-corrected chi connectivity index (χ2v) is 6.41. The molecule has 130 valence electrons. The van der Waals surface area contributed by atoms with E-state index in [-0.39, 0.29) is 6.10 Å². The van der Waals surface area contributed by atoms with Gasteiger partial charge in [0.05, 0.1) is 5.56 Å². The lowest BCUT2D eigenvalue weighted by molar-refractivity contribution is -0.159. The van der Waals surface area contributed by atoms with Gasteiger partial charge in [-0.1, -0.05) is 48.0 Å². The fourth-order valence-electron chi connectivity index (χ4n) is 2.98. The molecule has 4 heteroatoms. The molecule has 0 aliphatic heterocycles. The van der Waals surface area contributed by atoms with Gasteiger partial charge in [-0.15, -0.1) is 0 Å². The number of carbonyl (C=O) groups excluding carboxylic acids is 2. The van der Waals surface area contributed by atoms with Crippen molar-refractivity contribution in [2.75, 3.05) is 0 Å². The topological polar surface area (TPSA) is 52.6 Å². The Hall–Kier alpha value is -2.62. The van der Waals surface area contributed by atoms with Crippen molar-refractivity contribution in [1.29, 1.82) is 0 Å². The molecule has 0 N–H and O–H groups in total. The first kappa shape index (κ1) is 17.2. The molecule has 0 heterocycles. The van der Waals surface area contributed by atoms with Gasteiger partial charge in [-0.3, -0.25) is 0 Å². The second-order valence-electron chi connectivity index (χ2n) is 6.41. The van der Waals surface area contributed by atoms with Crippen LogP contribution in [0.15, 0.2) is 54.6 Å². The highest BCUT2D eigenvalue weighted by Gasteiger charge is 2.30. The quantitative estimate of drug-likeness (QED) is 0.759. The van der Waals surface area contributed by atoms with Crippen molar-refractivity contribution in [3.63, 3.8) is 0 Å². The highest BCUT2D eigenvalue weighted by atomic mass is 16.6. The summed E-state index contributed by atoms with van der Waals surface area (Å²) in [4.78, 5) is 25.1. The normalized spacial score (nSPS) is 15.6. The van der Waals surface area contributed by atoms with Gasteiger partial charge in [-0.25, -0.2) is 9.59 Å². The summed E-state index contributed by atoms with van der Waals surface area (Å²) in [6.07, 6.45) is 2.76. The Kier molecular flexibility index (Phi) is 5.49. The van der Waals surface area contributed by atoms with Gasteiger partial charge in [0.25, 0.3) is 0 Å². The Bertz CT molecular complexity index is 715. The van der Waals surface area contributed by atoms with E-state index in [2.05, 4.69) is 0 Å². The lowest BCUT2D eigenvalue weighted by Gasteiger charge is -2.20. The van der Waals surface area contributed by atoms with Crippen LogP contribution in [0, 0.1) is 6.92 Å². The summed E-state index contributed by atoms with van der Waals surface area (Å²) in [5.74, 6) is -1.03. The van der Waals surface area contributed by atoms with Crippen LogP contribution in [0.5, 0.6) is 0 Å². The molecule has 1 aliphatic carbocycles. The highest BCUT2D eigenvalue weighted by Crippen LogP contribution is 2.26. The fourth-order valence-corrected chi connectivity index (χ4v) is 2.98. The average Bonchev–Trinajstić information content (AvgIpc) is 3.13. The minimum absolute atomic E-state index is 0.0724. The zero-order valence-corrected chi connectivity index (χ0v) is 14.3. The Morgan fingerprint density at radius 1 is 0.960 bits per heavy atom. The Morgan fingerprint density at radius 2 is 1.60 bits per heavy atom. The van der Waals surface area contributed by atoms with Crippen molar-refractivity contribution in [3.8, 4) is 0 Å². The number of hydrogen-bond donors (Lipinski definition) is 0. The summed E-state index contributed by atoms with van der Waals surface area (Å²) in [6.45, 7) is 1.95. The van der Waals surface area contributed by atoms with Crippen LogP contribution in [0.3, 0.4) is 0 Å². The van der Waals surface area contributed by atoms with E-state index in [4.69, 9.17) is 9.47 Å². The maximum Gasteiger partial charge on any atom is 0.352 e. The van der Waals surface area contributed by atoms with Gasteiger partial charge in [-0.2, -0.15) is 0 Å². The molecule has 0 amide bonds. The molecular formula is C21H22O4. The third-order valence-electron chi connectivity index (χ3n) is 4.41. The van der Waals surface area contributed by atoms with Crippen LogP contribution in [0.2, 0.25) is 0 Å². The molecular weight excluding hydrogens is 316 g/mol. The molecule has 1 fully saturated rings. The molecule has 0 saturated heterocycles. The lowest BCUT2D eigenvalue weighted by atomic mass is 10.1. The van der Waals surface area contributed by atoms with E-state index in [1.54, 1.807) is 24.3 Å². The van der Waals surface area contributed by atoms with Gasteiger partial charge in [0.2, 0.25) is 6.10 Å². The predicted octanol–water partition coefficient (Wildman–Crippen LogP) is 4.38. The first-order chi connectivity index (χ1) is 12.1. The molecule has 1 unspecified atom stereocenters. The fraction of sp³-hybridized carbons (Fsp3) is 0.333. The van der Waals surface area contributed by atoms with Crippen LogP contribution in [0.25, 0.3) is 0 Å². The smallest absolute Gasteiger partial charge is 0.352 e. The largest absolute Gasteiger partial charge is 0.459 e. The molecule has 0 spiro atoms. The van der Waals surface area contributed by atoms with Gasteiger partial charge in [-0.05, 0) is 44.7 Å². The second kappa shape index (κ2) is 7.97. The molecule has 0 bridgehead atoms. The summed E-state index contributed by atoms with van der Waals surface area (Å²) in [5.41, 5.74) is 2.09. The number of carbonyl (C=O) groups is 2. The van der Waals surface area contributed by atoms with Gasteiger partial charge in [0.15, 0.2) is 0 Å². The molecule has 2 aromatic rings. The Labute approximate surface area is 147 Å². The zero-order chi connectivity index (χ0) is 17.6. The predicted molar refractivity (Wildman–Crippen MR) is 94.1 cm³/mol. The Balaban J connectivity index is 1.77. The molecule has 0 radical (unpaired) electrons. The monoisotopic (exact) mass is 338 g/mol. The molecule has 2 aromatic carbocycles. The number of benzene rings is 2. The van der Waals surface area contributed by atoms with Gasteiger partial charge >= 0.3 is 11.9 Å². The maximum absolute atomic E-state index is 12.6. The highest BCUT2D eigenvalue weighted by molar-refractivity contribution is 5.91. The van der Waals surface area contributed by atoms with E-state index < -0.39 is 18.0 Å². The van der Waals surface area contributed by atoms with Crippen LogP contribution >= 0.6 is 0 Å². The number of aryl methyl sites for hydroxylation is 1. The SMILES string of the molecule is Cc1ccc(C(=O)OC(C(=O)OC2CCCC2)c2ccccc2)cc1. The molecule has 4 nitrogen and oxygen atoms in total. The van der Waals surface area contributed by atoms with Gasteiger partial charge in [0, 0.05) is 5.56 Å². The summed E-state index contributed by atoms with van der Waals surface area (Å²) in [5, 5.41) is 0. The van der Waals surface area contributed by atoms with Crippen LogP contribution < -0.4 is 0 Å². The number of ether oxygens (including phenoxy) is 2. The van der Waals surface area contributed by atoms with Crippen LogP contribution in [-0.2, 0) is 14.3 Å². The molecule has 3 rings (SSSR count). The third kappa shape index (κ3) is 4.47. The zero-order valence-electron chi connectivity index (χ0n) is 14.3. The first-order valence-corrected chi connectivity index (χ1v) is 8.66. The molecule has 25 heavy (non-hydrogen) atoms.